The molecule has 0 unspecified atom stereocenters. The van der Waals surface area contributed by atoms with Gasteiger partial charge in [-0.05, 0) is 55.5 Å². The first kappa shape index (κ1) is 18.4. The summed E-state index contributed by atoms with van der Waals surface area (Å²) in [4.78, 5) is 28.2. The molecule has 3 heterocycles. The fourth-order valence-electron chi connectivity index (χ4n) is 4.02. The van der Waals surface area contributed by atoms with Gasteiger partial charge in [0, 0.05) is 30.9 Å². The Morgan fingerprint density at radius 3 is 2.53 bits per heavy atom. The van der Waals surface area contributed by atoms with Crippen LogP contribution in [-0.2, 0) is 13.6 Å². The van der Waals surface area contributed by atoms with Crippen LogP contribution in [-0.4, -0.2) is 35.0 Å². The Hall–Kier alpha value is -3.68. The number of carboxylic acids is 1. The van der Waals surface area contributed by atoms with Crippen LogP contribution in [0, 0.1) is 12.8 Å². The number of benzene rings is 1. The van der Waals surface area contributed by atoms with E-state index in [1.165, 1.54) is 10.9 Å². The SMILES string of the molecule is Cc1nn(C)c(=O)n1-c1ccc(-c2cc3ccnc(C(=O)O)c3n2CC2CC2)cc1. The number of carboxylic acid groups (broad SMARTS) is 1. The van der Waals surface area contributed by atoms with Gasteiger partial charge < -0.3 is 9.67 Å². The lowest BCUT2D eigenvalue weighted by molar-refractivity contribution is 0.0692. The molecule has 1 saturated carbocycles. The second kappa shape index (κ2) is 6.69. The molecule has 1 aromatic carbocycles. The maximum atomic E-state index is 12.3. The number of aromatic nitrogens is 5. The molecule has 0 spiro atoms. The van der Waals surface area contributed by atoms with E-state index in [0.29, 0.717) is 17.3 Å². The lowest BCUT2D eigenvalue weighted by Gasteiger charge is -2.12. The van der Waals surface area contributed by atoms with Gasteiger partial charge in [-0.2, -0.15) is 5.10 Å². The molecule has 30 heavy (non-hydrogen) atoms. The minimum absolute atomic E-state index is 0.0774. The van der Waals surface area contributed by atoms with Crippen molar-refractivity contribution in [3.05, 3.63) is 64.6 Å². The average molecular weight is 403 g/mol. The molecule has 0 saturated heterocycles. The molecule has 8 heteroatoms. The van der Waals surface area contributed by atoms with Crippen LogP contribution < -0.4 is 5.69 Å². The van der Waals surface area contributed by atoms with Crippen LogP contribution in [0.4, 0.5) is 0 Å². The van der Waals surface area contributed by atoms with Crippen molar-refractivity contribution in [2.24, 2.45) is 13.0 Å². The first-order valence-electron chi connectivity index (χ1n) is 9.89. The van der Waals surface area contributed by atoms with E-state index in [9.17, 15) is 14.7 Å². The standard InChI is InChI=1S/C22H21N5O3/c1-13-24-25(2)22(30)27(13)17-7-5-15(6-8-17)18-11-16-9-10-23-19(21(28)29)20(16)26(18)12-14-3-4-14/h5-11,14H,3-4,12H2,1-2H3,(H,28,29). The highest BCUT2D eigenvalue weighted by Gasteiger charge is 2.26. The average Bonchev–Trinajstić information content (AvgIpc) is 3.41. The van der Waals surface area contributed by atoms with Gasteiger partial charge in [-0.3, -0.25) is 0 Å². The number of aryl methyl sites for hydroxylation is 2. The Kier molecular flexibility index (Phi) is 4.09. The second-order valence-electron chi connectivity index (χ2n) is 7.82. The van der Waals surface area contributed by atoms with E-state index in [-0.39, 0.29) is 11.4 Å². The van der Waals surface area contributed by atoms with Crippen LogP contribution in [0.25, 0.3) is 27.8 Å². The van der Waals surface area contributed by atoms with Crippen molar-refractivity contribution in [3.63, 3.8) is 0 Å². The van der Waals surface area contributed by atoms with Crippen molar-refractivity contribution >= 4 is 16.9 Å². The first-order valence-corrected chi connectivity index (χ1v) is 9.89. The van der Waals surface area contributed by atoms with Gasteiger partial charge in [-0.1, -0.05) is 12.1 Å². The van der Waals surface area contributed by atoms with Crippen molar-refractivity contribution in [2.75, 3.05) is 0 Å². The van der Waals surface area contributed by atoms with Gasteiger partial charge >= 0.3 is 11.7 Å². The Balaban J connectivity index is 1.65. The zero-order chi connectivity index (χ0) is 21.0. The maximum Gasteiger partial charge on any atom is 0.356 e. The zero-order valence-electron chi connectivity index (χ0n) is 16.7. The van der Waals surface area contributed by atoms with Crippen molar-refractivity contribution < 1.29 is 9.90 Å². The fraction of sp³-hybridized carbons (Fsp3) is 0.273. The highest BCUT2D eigenvalue weighted by Crippen LogP contribution is 2.36. The summed E-state index contributed by atoms with van der Waals surface area (Å²) in [5.41, 5.74) is 3.20. The number of aromatic carboxylic acids is 1. The minimum atomic E-state index is -1.02. The number of fused-ring (bicyclic) bond motifs is 1. The van der Waals surface area contributed by atoms with E-state index in [1.54, 1.807) is 18.5 Å². The van der Waals surface area contributed by atoms with Crippen LogP contribution in [0.5, 0.6) is 0 Å². The Morgan fingerprint density at radius 2 is 1.93 bits per heavy atom. The number of hydrogen-bond donors (Lipinski definition) is 1. The van der Waals surface area contributed by atoms with E-state index in [1.807, 2.05) is 36.4 Å². The first-order chi connectivity index (χ1) is 14.4. The fourth-order valence-corrected chi connectivity index (χ4v) is 4.02. The van der Waals surface area contributed by atoms with Gasteiger partial charge in [-0.25, -0.2) is 23.8 Å². The molecule has 1 N–H and O–H groups in total. The predicted molar refractivity (Wildman–Crippen MR) is 112 cm³/mol. The van der Waals surface area contributed by atoms with Gasteiger partial charge in [0.05, 0.1) is 11.2 Å². The third-order valence-electron chi connectivity index (χ3n) is 5.66. The van der Waals surface area contributed by atoms with Crippen molar-refractivity contribution in [2.45, 2.75) is 26.3 Å². The summed E-state index contributed by atoms with van der Waals surface area (Å²) in [6, 6.07) is 11.6. The zero-order valence-corrected chi connectivity index (χ0v) is 16.7. The predicted octanol–water partition coefficient (Wildman–Crippen LogP) is 3.00. The topological polar surface area (TPSA) is 94.9 Å². The molecule has 8 nitrogen and oxygen atoms in total. The van der Waals surface area contributed by atoms with Gasteiger partial charge in [-0.15, -0.1) is 0 Å². The summed E-state index contributed by atoms with van der Waals surface area (Å²) in [5, 5.41) is 14.7. The summed E-state index contributed by atoms with van der Waals surface area (Å²) >= 11 is 0. The Morgan fingerprint density at radius 1 is 1.20 bits per heavy atom. The highest BCUT2D eigenvalue weighted by atomic mass is 16.4. The molecule has 1 aliphatic rings. The molecule has 0 aliphatic heterocycles. The van der Waals surface area contributed by atoms with Gasteiger partial charge in [0.25, 0.3) is 0 Å². The number of rotatable bonds is 5. The molecular formula is C22H21N5O3. The molecule has 0 amide bonds. The van der Waals surface area contributed by atoms with Crippen LogP contribution in [0.15, 0.2) is 47.4 Å². The monoisotopic (exact) mass is 403 g/mol. The van der Waals surface area contributed by atoms with E-state index in [2.05, 4.69) is 14.6 Å². The second-order valence-corrected chi connectivity index (χ2v) is 7.82. The maximum absolute atomic E-state index is 12.3. The molecular weight excluding hydrogens is 382 g/mol. The normalized spacial score (nSPS) is 13.8. The van der Waals surface area contributed by atoms with Crippen LogP contribution in [0.3, 0.4) is 0 Å². The number of carbonyl (C=O) groups is 1. The molecule has 152 valence electrons. The molecule has 0 bridgehead atoms. The van der Waals surface area contributed by atoms with Crippen LogP contribution in [0.1, 0.15) is 29.2 Å². The Bertz CT molecular complexity index is 1340. The third-order valence-corrected chi connectivity index (χ3v) is 5.66. The lowest BCUT2D eigenvalue weighted by Crippen LogP contribution is -2.21. The summed E-state index contributed by atoms with van der Waals surface area (Å²) in [7, 11) is 1.63. The lowest BCUT2D eigenvalue weighted by atomic mass is 10.1. The number of pyridine rings is 1. The summed E-state index contributed by atoms with van der Waals surface area (Å²) in [6.07, 6.45) is 3.85. The smallest absolute Gasteiger partial charge is 0.356 e. The van der Waals surface area contributed by atoms with Gasteiger partial charge in [0.2, 0.25) is 0 Å². The summed E-state index contributed by atoms with van der Waals surface area (Å²) in [6.45, 7) is 2.57. The third kappa shape index (κ3) is 2.92. The molecule has 0 atom stereocenters. The molecule has 1 aliphatic carbocycles. The Labute approximate surface area is 172 Å². The van der Waals surface area contributed by atoms with E-state index < -0.39 is 5.97 Å². The van der Waals surface area contributed by atoms with E-state index >= 15 is 0 Å². The molecule has 3 aromatic heterocycles. The molecule has 4 aromatic rings. The molecule has 1 fully saturated rings. The van der Waals surface area contributed by atoms with Crippen molar-refractivity contribution in [3.8, 4) is 16.9 Å². The molecule has 0 radical (unpaired) electrons. The quantitative estimate of drug-likeness (QED) is 0.553. The summed E-state index contributed by atoms with van der Waals surface area (Å²) in [5.74, 6) is 0.163. The highest BCUT2D eigenvalue weighted by molar-refractivity contribution is 6.02. The van der Waals surface area contributed by atoms with Gasteiger partial charge in [0.1, 0.15) is 5.82 Å². The van der Waals surface area contributed by atoms with Crippen LogP contribution in [0.2, 0.25) is 0 Å². The number of nitrogens with zero attached hydrogens (tertiary/aromatic N) is 5. The van der Waals surface area contributed by atoms with Crippen molar-refractivity contribution in [1.29, 1.82) is 0 Å². The number of hydrogen-bond acceptors (Lipinski definition) is 4. The molecule has 5 rings (SSSR count). The van der Waals surface area contributed by atoms with Crippen molar-refractivity contribution in [1.82, 2.24) is 23.9 Å². The minimum Gasteiger partial charge on any atom is -0.476 e. The van der Waals surface area contributed by atoms with E-state index in [4.69, 9.17) is 0 Å². The van der Waals surface area contributed by atoms with Gasteiger partial charge in [0.15, 0.2) is 5.69 Å². The van der Waals surface area contributed by atoms with E-state index in [0.717, 1.165) is 41.7 Å². The summed E-state index contributed by atoms with van der Waals surface area (Å²) < 4.78 is 4.97. The van der Waals surface area contributed by atoms with Crippen LogP contribution >= 0.6 is 0 Å². The largest absolute Gasteiger partial charge is 0.476 e.